The molecule has 0 radical (unpaired) electrons. The molecule has 1 aromatic carbocycles. The van der Waals surface area contributed by atoms with Crippen LogP contribution in [-0.2, 0) is 16.0 Å². The first-order valence-corrected chi connectivity index (χ1v) is 8.67. The fraction of sp³-hybridized carbons (Fsp3) is 0.556. The van der Waals surface area contributed by atoms with Gasteiger partial charge in [-0.2, -0.15) is 0 Å². The van der Waals surface area contributed by atoms with Gasteiger partial charge in [0.2, 0.25) is 11.8 Å². The number of carbonyl (C=O) groups excluding carboxylic acids is 2. The van der Waals surface area contributed by atoms with Crippen molar-refractivity contribution in [3.8, 4) is 0 Å². The van der Waals surface area contributed by atoms with Gasteiger partial charge in [0, 0.05) is 51.0 Å². The van der Waals surface area contributed by atoms with E-state index in [0.717, 1.165) is 36.3 Å². The average Bonchev–Trinajstić information content (AvgIpc) is 2.60. The molecule has 2 amide bonds. The molecule has 24 heavy (non-hydrogen) atoms. The number of fused-ring (bicyclic) bond motifs is 1. The molecule has 2 aliphatic heterocycles. The fourth-order valence-electron chi connectivity index (χ4n) is 3.72. The summed E-state index contributed by atoms with van der Waals surface area (Å²) < 4.78 is 0. The maximum absolute atomic E-state index is 12.9. The second-order valence-electron chi connectivity index (χ2n) is 6.65. The lowest BCUT2D eigenvalue weighted by Gasteiger charge is -2.40. The van der Waals surface area contributed by atoms with Crippen molar-refractivity contribution in [1.82, 2.24) is 9.80 Å². The minimum Gasteiger partial charge on any atom is -0.398 e. The third kappa shape index (κ3) is 3.05. The summed E-state index contributed by atoms with van der Waals surface area (Å²) in [5.41, 5.74) is 9.16. The molecule has 0 aromatic heterocycles. The highest BCUT2D eigenvalue weighted by molar-refractivity contribution is 5.86. The lowest BCUT2D eigenvalue weighted by molar-refractivity contribution is -0.139. The largest absolute Gasteiger partial charge is 0.398 e. The number of hydrogen-bond acceptors (Lipinski definition) is 4. The van der Waals surface area contributed by atoms with E-state index in [-0.39, 0.29) is 17.9 Å². The normalized spacial score (nSPS) is 19.0. The predicted octanol–water partition coefficient (Wildman–Crippen LogP) is 1.10. The summed E-state index contributed by atoms with van der Waals surface area (Å²) in [6.07, 6.45) is 1.98. The molecule has 1 atom stereocenters. The van der Waals surface area contributed by atoms with E-state index >= 15 is 0 Å². The molecule has 6 nitrogen and oxygen atoms in total. The monoisotopic (exact) mass is 330 g/mol. The highest BCUT2D eigenvalue weighted by atomic mass is 16.2. The molecular formula is C18H26N4O2. The molecule has 1 saturated heterocycles. The zero-order chi connectivity index (χ0) is 17.3. The second-order valence-corrected chi connectivity index (χ2v) is 6.65. The van der Waals surface area contributed by atoms with Gasteiger partial charge in [-0.15, -0.1) is 0 Å². The van der Waals surface area contributed by atoms with Crippen molar-refractivity contribution in [3.63, 3.8) is 0 Å². The quantitative estimate of drug-likeness (QED) is 0.825. The molecule has 0 bridgehead atoms. The van der Waals surface area contributed by atoms with Gasteiger partial charge < -0.3 is 20.4 Å². The van der Waals surface area contributed by atoms with Gasteiger partial charge in [-0.25, -0.2) is 0 Å². The first-order valence-electron chi connectivity index (χ1n) is 8.67. The summed E-state index contributed by atoms with van der Waals surface area (Å²) in [5, 5.41) is 0. The van der Waals surface area contributed by atoms with Gasteiger partial charge in [-0.3, -0.25) is 9.59 Å². The Balaban J connectivity index is 1.72. The van der Waals surface area contributed by atoms with E-state index in [9.17, 15) is 9.59 Å². The summed E-state index contributed by atoms with van der Waals surface area (Å²) in [6.45, 7) is 6.89. The number of nitrogen functional groups attached to an aromatic ring is 1. The smallest absolute Gasteiger partial charge is 0.245 e. The van der Waals surface area contributed by atoms with Crippen LogP contribution in [0.5, 0.6) is 0 Å². The van der Waals surface area contributed by atoms with Crippen LogP contribution in [0, 0.1) is 0 Å². The highest BCUT2D eigenvalue weighted by Gasteiger charge is 2.31. The number of piperazine rings is 1. The van der Waals surface area contributed by atoms with Gasteiger partial charge in [0.1, 0.15) is 6.04 Å². The van der Waals surface area contributed by atoms with Crippen LogP contribution in [0.4, 0.5) is 11.4 Å². The summed E-state index contributed by atoms with van der Waals surface area (Å²) in [7, 11) is 0. The molecular weight excluding hydrogens is 304 g/mol. The molecule has 6 heteroatoms. The van der Waals surface area contributed by atoms with Crippen molar-refractivity contribution < 1.29 is 9.59 Å². The van der Waals surface area contributed by atoms with Crippen LogP contribution in [0.1, 0.15) is 25.8 Å². The number of benzene rings is 1. The number of anilines is 2. The molecule has 0 spiro atoms. The first kappa shape index (κ1) is 16.6. The molecule has 1 aromatic rings. The minimum atomic E-state index is -0.213. The first-order chi connectivity index (χ1) is 11.5. The van der Waals surface area contributed by atoms with Gasteiger partial charge in [0.25, 0.3) is 0 Å². The lowest BCUT2D eigenvalue weighted by Crippen LogP contribution is -2.55. The lowest BCUT2D eigenvalue weighted by atomic mass is 9.98. The molecule has 130 valence electrons. The number of amides is 2. The van der Waals surface area contributed by atoms with Crippen LogP contribution in [0.2, 0.25) is 0 Å². The maximum Gasteiger partial charge on any atom is 0.245 e. The van der Waals surface area contributed by atoms with Crippen LogP contribution >= 0.6 is 0 Å². The van der Waals surface area contributed by atoms with E-state index in [1.165, 1.54) is 0 Å². The van der Waals surface area contributed by atoms with Crippen molar-refractivity contribution in [3.05, 3.63) is 23.8 Å². The van der Waals surface area contributed by atoms with Crippen LogP contribution < -0.4 is 10.6 Å². The van der Waals surface area contributed by atoms with Gasteiger partial charge in [-0.1, -0.05) is 6.07 Å². The van der Waals surface area contributed by atoms with Crippen LogP contribution in [0.3, 0.4) is 0 Å². The average molecular weight is 330 g/mol. The standard InChI is InChI=1S/C18H26N4O2/c1-13(18(24)21-11-9-20(10-12-21)14(2)23)22-8-4-5-15-16(19)6-3-7-17(15)22/h3,6-7,13H,4-5,8-12,19H2,1-2H3. The third-order valence-corrected chi connectivity index (χ3v) is 5.18. The van der Waals surface area contributed by atoms with Crippen molar-refractivity contribution in [2.45, 2.75) is 32.7 Å². The minimum absolute atomic E-state index is 0.0792. The maximum atomic E-state index is 12.9. The van der Waals surface area contributed by atoms with E-state index in [4.69, 9.17) is 5.73 Å². The van der Waals surface area contributed by atoms with Crippen LogP contribution in [-0.4, -0.2) is 60.4 Å². The van der Waals surface area contributed by atoms with E-state index < -0.39 is 0 Å². The number of carbonyl (C=O) groups is 2. The third-order valence-electron chi connectivity index (χ3n) is 5.18. The van der Waals surface area contributed by atoms with Gasteiger partial charge in [0.15, 0.2) is 0 Å². The molecule has 3 rings (SSSR count). The number of nitrogens with zero attached hydrogens (tertiary/aromatic N) is 3. The molecule has 2 N–H and O–H groups in total. The Hall–Kier alpha value is -2.24. The number of nitrogens with two attached hydrogens (primary N) is 1. The number of rotatable bonds is 2. The molecule has 0 saturated carbocycles. The molecule has 1 fully saturated rings. The summed E-state index contributed by atoms with van der Waals surface area (Å²) in [5.74, 6) is 0.212. The van der Waals surface area contributed by atoms with Gasteiger partial charge in [0.05, 0.1) is 0 Å². The van der Waals surface area contributed by atoms with E-state index in [1.54, 1.807) is 11.8 Å². The van der Waals surface area contributed by atoms with Gasteiger partial charge >= 0.3 is 0 Å². The van der Waals surface area contributed by atoms with Crippen LogP contribution in [0.25, 0.3) is 0 Å². The Morgan fingerprint density at radius 2 is 1.75 bits per heavy atom. The highest BCUT2D eigenvalue weighted by Crippen LogP contribution is 2.32. The van der Waals surface area contributed by atoms with Crippen molar-refractivity contribution in [2.24, 2.45) is 0 Å². The Morgan fingerprint density at radius 1 is 1.08 bits per heavy atom. The molecule has 2 aliphatic rings. The Kier molecular flexibility index (Phi) is 4.64. The molecule has 1 unspecified atom stereocenters. The van der Waals surface area contributed by atoms with Crippen molar-refractivity contribution in [2.75, 3.05) is 43.4 Å². The fourth-order valence-corrected chi connectivity index (χ4v) is 3.72. The predicted molar refractivity (Wildman–Crippen MR) is 94.8 cm³/mol. The SMILES string of the molecule is CC(=O)N1CCN(C(=O)C(C)N2CCCc3c(N)cccc32)CC1. The Morgan fingerprint density at radius 3 is 2.42 bits per heavy atom. The van der Waals surface area contributed by atoms with Crippen molar-refractivity contribution >= 4 is 23.2 Å². The van der Waals surface area contributed by atoms with E-state index in [0.29, 0.717) is 26.2 Å². The Bertz CT molecular complexity index is 638. The number of hydrogen-bond donors (Lipinski definition) is 1. The second kappa shape index (κ2) is 6.71. The van der Waals surface area contributed by atoms with E-state index in [1.807, 2.05) is 24.0 Å². The summed E-state index contributed by atoms with van der Waals surface area (Å²) in [4.78, 5) is 30.2. The summed E-state index contributed by atoms with van der Waals surface area (Å²) in [6, 6.07) is 5.72. The van der Waals surface area contributed by atoms with E-state index in [2.05, 4.69) is 11.0 Å². The van der Waals surface area contributed by atoms with Gasteiger partial charge in [-0.05, 0) is 37.5 Å². The summed E-state index contributed by atoms with van der Waals surface area (Å²) >= 11 is 0. The molecule has 0 aliphatic carbocycles. The molecule has 2 heterocycles. The zero-order valence-corrected chi connectivity index (χ0v) is 14.5. The Labute approximate surface area is 143 Å². The van der Waals surface area contributed by atoms with Crippen LogP contribution in [0.15, 0.2) is 18.2 Å². The zero-order valence-electron chi connectivity index (χ0n) is 14.5. The van der Waals surface area contributed by atoms with Crippen molar-refractivity contribution in [1.29, 1.82) is 0 Å². The topological polar surface area (TPSA) is 69.9 Å².